The van der Waals surface area contributed by atoms with Crippen molar-refractivity contribution in [3.05, 3.63) is 23.3 Å². The Morgan fingerprint density at radius 2 is 1.83 bits per heavy atom. The van der Waals surface area contributed by atoms with E-state index in [1.807, 2.05) is 0 Å². The lowest BCUT2D eigenvalue weighted by atomic mass is 9.91. The molecular formula is C15H24N2O. The highest BCUT2D eigenvalue weighted by atomic mass is 16.5. The van der Waals surface area contributed by atoms with Gasteiger partial charge >= 0.3 is 0 Å². The van der Waals surface area contributed by atoms with Crippen molar-refractivity contribution in [3.63, 3.8) is 0 Å². The monoisotopic (exact) mass is 248 g/mol. The molecule has 0 radical (unpaired) electrons. The topological polar surface area (TPSA) is 47.3 Å². The maximum absolute atomic E-state index is 5.94. The molecule has 0 heterocycles. The summed E-state index contributed by atoms with van der Waals surface area (Å²) in [5.41, 5.74) is 9.52. The molecule has 18 heavy (non-hydrogen) atoms. The van der Waals surface area contributed by atoms with Crippen molar-refractivity contribution >= 4 is 5.69 Å². The van der Waals surface area contributed by atoms with Crippen LogP contribution in [0, 0.1) is 13.8 Å². The van der Waals surface area contributed by atoms with Crippen LogP contribution in [0.1, 0.15) is 36.8 Å². The van der Waals surface area contributed by atoms with Crippen LogP contribution in [0.5, 0.6) is 5.75 Å². The van der Waals surface area contributed by atoms with Crippen molar-refractivity contribution < 1.29 is 4.74 Å². The molecule has 3 nitrogen and oxygen atoms in total. The summed E-state index contributed by atoms with van der Waals surface area (Å²) in [5, 5.41) is 3.62. The summed E-state index contributed by atoms with van der Waals surface area (Å²) in [6.45, 7) is 4.21. The molecule has 0 amide bonds. The minimum Gasteiger partial charge on any atom is -0.494 e. The number of hydrogen-bond acceptors (Lipinski definition) is 3. The second-order valence-corrected chi connectivity index (χ2v) is 5.42. The molecule has 0 spiro atoms. The molecule has 3 heteroatoms. The Bertz CT molecular complexity index is 409. The Morgan fingerprint density at radius 3 is 2.44 bits per heavy atom. The number of aryl methyl sites for hydroxylation is 2. The van der Waals surface area contributed by atoms with Gasteiger partial charge in [0, 0.05) is 12.1 Å². The van der Waals surface area contributed by atoms with Crippen molar-refractivity contribution in [2.24, 2.45) is 5.73 Å². The van der Waals surface area contributed by atoms with Gasteiger partial charge in [-0.15, -0.1) is 0 Å². The molecule has 0 saturated heterocycles. The second kappa shape index (κ2) is 5.61. The quantitative estimate of drug-likeness (QED) is 0.864. The van der Waals surface area contributed by atoms with Crippen LogP contribution in [0.15, 0.2) is 12.1 Å². The highest BCUT2D eigenvalue weighted by Crippen LogP contribution is 2.32. The van der Waals surface area contributed by atoms with Crippen molar-refractivity contribution in [2.75, 3.05) is 12.4 Å². The Labute approximate surface area is 110 Å². The second-order valence-electron chi connectivity index (χ2n) is 5.42. The molecule has 0 bridgehead atoms. The molecule has 1 saturated carbocycles. The molecule has 1 fully saturated rings. The highest BCUT2D eigenvalue weighted by Gasteiger charge is 2.19. The third-order valence-electron chi connectivity index (χ3n) is 3.75. The summed E-state index contributed by atoms with van der Waals surface area (Å²) >= 11 is 0. The summed E-state index contributed by atoms with van der Waals surface area (Å²) in [4.78, 5) is 0. The third kappa shape index (κ3) is 2.96. The van der Waals surface area contributed by atoms with Gasteiger partial charge in [-0.05, 0) is 56.7 Å². The van der Waals surface area contributed by atoms with Gasteiger partial charge in [0.15, 0.2) is 0 Å². The van der Waals surface area contributed by atoms with Gasteiger partial charge < -0.3 is 15.8 Å². The van der Waals surface area contributed by atoms with Crippen molar-refractivity contribution in [1.82, 2.24) is 0 Å². The van der Waals surface area contributed by atoms with Gasteiger partial charge in [-0.2, -0.15) is 0 Å². The number of hydrogen-bond donors (Lipinski definition) is 2. The number of anilines is 1. The van der Waals surface area contributed by atoms with E-state index in [0.29, 0.717) is 12.1 Å². The summed E-state index contributed by atoms with van der Waals surface area (Å²) in [6, 6.07) is 5.24. The van der Waals surface area contributed by atoms with Crippen LogP contribution in [-0.4, -0.2) is 19.2 Å². The summed E-state index contributed by atoms with van der Waals surface area (Å²) < 4.78 is 5.51. The minimum atomic E-state index is 0.393. The average molecular weight is 248 g/mol. The Kier molecular flexibility index (Phi) is 4.12. The fraction of sp³-hybridized carbons (Fsp3) is 0.600. The van der Waals surface area contributed by atoms with Gasteiger partial charge in [0.2, 0.25) is 0 Å². The van der Waals surface area contributed by atoms with Gasteiger partial charge in [-0.25, -0.2) is 0 Å². The predicted octanol–water partition coefficient (Wildman–Crippen LogP) is 2.99. The first kappa shape index (κ1) is 13.2. The van der Waals surface area contributed by atoms with Gasteiger partial charge in [-0.1, -0.05) is 6.07 Å². The van der Waals surface area contributed by atoms with Crippen LogP contribution in [0.25, 0.3) is 0 Å². The Morgan fingerprint density at radius 1 is 1.17 bits per heavy atom. The number of rotatable bonds is 3. The number of benzene rings is 1. The maximum atomic E-state index is 5.94. The number of methoxy groups -OCH3 is 1. The fourth-order valence-electron chi connectivity index (χ4n) is 2.82. The zero-order chi connectivity index (χ0) is 13.1. The zero-order valence-corrected chi connectivity index (χ0v) is 11.6. The first-order chi connectivity index (χ1) is 8.60. The molecule has 0 aromatic heterocycles. The molecule has 0 unspecified atom stereocenters. The summed E-state index contributed by atoms with van der Waals surface area (Å²) in [5.74, 6) is 0.968. The molecule has 1 aromatic rings. The first-order valence-corrected chi connectivity index (χ1v) is 6.77. The Balaban J connectivity index is 2.13. The number of nitrogens with two attached hydrogens (primary N) is 1. The first-order valence-electron chi connectivity index (χ1n) is 6.77. The van der Waals surface area contributed by atoms with E-state index in [1.165, 1.54) is 11.1 Å². The van der Waals surface area contributed by atoms with Crippen molar-refractivity contribution in [1.29, 1.82) is 0 Å². The summed E-state index contributed by atoms with van der Waals surface area (Å²) in [6.07, 6.45) is 4.53. The number of nitrogens with one attached hydrogen (secondary N) is 1. The molecule has 100 valence electrons. The van der Waals surface area contributed by atoms with Gasteiger partial charge in [0.1, 0.15) is 5.75 Å². The normalized spacial score (nSPS) is 23.8. The van der Waals surface area contributed by atoms with E-state index in [4.69, 9.17) is 10.5 Å². The van der Waals surface area contributed by atoms with E-state index >= 15 is 0 Å². The lowest BCUT2D eigenvalue weighted by Gasteiger charge is -2.28. The van der Waals surface area contributed by atoms with E-state index in [0.717, 1.165) is 37.1 Å². The van der Waals surface area contributed by atoms with Crippen molar-refractivity contribution in [3.8, 4) is 5.75 Å². The smallest absolute Gasteiger partial charge is 0.144 e. The van der Waals surface area contributed by atoms with E-state index in [2.05, 4.69) is 31.3 Å². The van der Waals surface area contributed by atoms with E-state index in [-0.39, 0.29) is 0 Å². The van der Waals surface area contributed by atoms with E-state index < -0.39 is 0 Å². The molecule has 3 N–H and O–H groups in total. The maximum Gasteiger partial charge on any atom is 0.144 e. The molecule has 1 aliphatic carbocycles. The predicted molar refractivity (Wildman–Crippen MR) is 76.3 cm³/mol. The fourth-order valence-corrected chi connectivity index (χ4v) is 2.82. The zero-order valence-electron chi connectivity index (χ0n) is 11.6. The lowest BCUT2D eigenvalue weighted by molar-refractivity contribution is 0.400. The molecule has 1 aromatic carbocycles. The van der Waals surface area contributed by atoms with Crippen LogP contribution >= 0.6 is 0 Å². The standard InChI is InChI=1S/C15H24N2O/c1-10-8-11(2)15(18-3)14(9-10)17-13-6-4-12(16)5-7-13/h8-9,12-13,17H,4-7,16H2,1-3H3. The minimum absolute atomic E-state index is 0.393. The van der Waals surface area contributed by atoms with E-state index in [9.17, 15) is 0 Å². The van der Waals surface area contributed by atoms with Crippen LogP contribution < -0.4 is 15.8 Å². The molecule has 1 aliphatic rings. The molecule has 0 atom stereocenters. The van der Waals surface area contributed by atoms with Crippen LogP contribution in [0.3, 0.4) is 0 Å². The lowest BCUT2D eigenvalue weighted by Crippen LogP contribution is -2.32. The summed E-state index contributed by atoms with van der Waals surface area (Å²) in [7, 11) is 1.74. The average Bonchev–Trinajstić information content (AvgIpc) is 2.32. The number of ether oxygens (including phenoxy) is 1. The third-order valence-corrected chi connectivity index (χ3v) is 3.75. The van der Waals surface area contributed by atoms with Gasteiger partial charge in [0.05, 0.1) is 12.8 Å². The van der Waals surface area contributed by atoms with Gasteiger partial charge in [0.25, 0.3) is 0 Å². The van der Waals surface area contributed by atoms with Crippen LogP contribution in [-0.2, 0) is 0 Å². The molecule has 2 rings (SSSR count). The van der Waals surface area contributed by atoms with Crippen LogP contribution in [0.4, 0.5) is 5.69 Å². The van der Waals surface area contributed by atoms with Gasteiger partial charge in [-0.3, -0.25) is 0 Å². The molecular weight excluding hydrogens is 224 g/mol. The van der Waals surface area contributed by atoms with Crippen LogP contribution in [0.2, 0.25) is 0 Å². The highest BCUT2D eigenvalue weighted by molar-refractivity contribution is 5.62. The largest absolute Gasteiger partial charge is 0.494 e. The Hall–Kier alpha value is -1.22. The van der Waals surface area contributed by atoms with E-state index in [1.54, 1.807) is 7.11 Å². The molecule has 0 aliphatic heterocycles. The van der Waals surface area contributed by atoms with Crippen molar-refractivity contribution in [2.45, 2.75) is 51.6 Å². The SMILES string of the molecule is COc1c(C)cc(C)cc1NC1CCC(N)CC1.